The molecule has 0 saturated carbocycles. The first-order chi connectivity index (χ1) is 11.3. The van der Waals surface area contributed by atoms with Crippen molar-refractivity contribution in [2.24, 2.45) is 5.41 Å². The third kappa shape index (κ3) is 3.62. The first-order valence-corrected chi connectivity index (χ1v) is 8.41. The zero-order valence-corrected chi connectivity index (χ0v) is 15.2. The summed E-state index contributed by atoms with van der Waals surface area (Å²) in [5.41, 5.74) is 3.36. The van der Waals surface area contributed by atoms with Crippen LogP contribution < -0.4 is 4.74 Å². The van der Waals surface area contributed by atoms with Gasteiger partial charge in [-0.3, -0.25) is 0 Å². The van der Waals surface area contributed by atoms with Crippen molar-refractivity contribution < 1.29 is 14.2 Å². The molecule has 3 heteroatoms. The Bertz CT molecular complexity index is 707. The smallest absolute Gasteiger partial charge is 0.131 e. The predicted molar refractivity (Wildman–Crippen MR) is 96.8 cm³/mol. The van der Waals surface area contributed by atoms with E-state index in [9.17, 15) is 9.50 Å². The number of aliphatic hydroxyl groups excluding tert-OH is 1. The van der Waals surface area contributed by atoms with Gasteiger partial charge < -0.3 is 9.84 Å². The summed E-state index contributed by atoms with van der Waals surface area (Å²) in [5, 5.41) is 9.51. The van der Waals surface area contributed by atoms with Crippen molar-refractivity contribution in [3.63, 3.8) is 0 Å². The zero-order chi connectivity index (χ0) is 17.9. The number of hydrogen-bond donors (Lipinski definition) is 1. The predicted octanol–water partition coefficient (Wildman–Crippen LogP) is 5.53. The molecule has 1 N–H and O–H groups in total. The average Bonchev–Trinajstić information content (AvgIpc) is 2.61. The fraction of sp³-hybridized carbons (Fsp3) is 0.429. The summed E-state index contributed by atoms with van der Waals surface area (Å²) in [6.07, 6.45) is 1.01. The standard InChI is InChI=1S/C21H27FO2/c1-6-21(3,4)14(2)18-11-15(13-23)7-9-17(18)19-12-16(24-5)8-10-20(19)22/h7-12,14,23H,6,13H2,1-5H3/t14-/m0/s1. The monoisotopic (exact) mass is 330 g/mol. The largest absolute Gasteiger partial charge is 0.497 e. The Kier molecular flexibility index (Phi) is 5.66. The number of methoxy groups -OCH3 is 1. The van der Waals surface area contributed by atoms with Gasteiger partial charge in [-0.05, 0) is 46.2 Å². The van der Waals surface area contributed by atoms with Gasteiger partial charge in [0.25, 0.3) is 0 Å². The van der Waals surface area contributed by atoms with Crippen molar-refractivity contribution in [1.29, 1.82) is 0 Å². The van der Waals surface area contributed by atoms with Gasteiger partial charge in [0.15, 0.2) is 0 Å². The molecule has 130 valence electrons. The van der Waals surface area contributed by atoms with Gasteiger partial charge in [-0.25, -0.2) is 4.39 Å². The highest BCUT2D eigenvalue weighted by Gasteiger charge is 2.28. The van der Waals surface area contributed by atoms with Gasteiger partial charge in [0.1, 0.15) is 11.6 Å². The number of ether oxygens (including phenoxy) is 1. The molecule has 0 radical (unpaired) electrons. The number of benzene rings is 2. The lowest BCUT2D eigenvalue weighted by atomic mass is 9.72. The van der Waals surface area contributed by atoms with E-state index in [0.29, 0.717) is 11.3 Å². The van der Waals surface area contributed by atoms with Crippen molar-refractivity contribution in [3.8, 4) is 16.9 Å². The van der Waals surface area contributed by atoms with Crippen molar-refractivity contribution in [2.45, 2.75) is 46.6 Å². The molecule has 0 aliphatic heterocycles. The van der Waals surface area contributed by atoms with Crippen LogP contribution in [0.1, 0.15) is 51.2 Å². The van der Waals surface area contributed by atoms with E-state index in [2.05, 4.69) is 27.7 Å². The Morgan fingerprint density at radius 3 is 2.42 bits per heavy atom. The summed E-state index contributed by atoms with van der Waals surface area (Å²) >= 11 is 0. The van der Waals surface area contributed by atoms with Crippen LogP contribution in [0.5, 0.6) is 5.75 Å². The molecule has 0 aliphatic carbocycles. The van der Waals surface area contributed by atoms with Crippen LogP contribution in [0, 0.1) is 11.2 Å². The van der Waals surface area contributed by atoms with Gasteiger partial charge in [-0.1, -0.05) is 52.3 Å². The second-order valence-electron chi connectivity index (χ2n) is 6.99. The molecule has 24 heavy (non-hydrogen) atoms. The van der Waals surface area contributed by atoms with E-state index in [0.717, 1.165) is 23.1 Å². The van der Waals surface area contributed by atoms with Crippen molar-refractivity contribution in [3.05, 3.63) is 53.3 Å². The van der Waals surface area contributed by atoms with Crippen LogP contribution in [0.3, 0.4) is 0 Å². The zero-order valence-electron chi connectivity index (χ0n) is 15.2. The molecule has 0 amide bonds. The molecule has 0 aromatic heterocycles. The summed E-state index contributed by atoms with van der Waals surface area (Å²) in [6, 6.07) is 10.5. The maximum absolute atomic E-state index is 14.5. The van der Waals surface area contributed by atoms with Gasteiger partial charge in [0.05, 0.1) is 13.7 Å². The topological polar surface area (TPSA) is 29.5 Å². The minimum Gasteiger partial charge on any atom is -0.497 e. The fourth-order valence-electron chi connectivity index (χ4n) is 2.88. The average molecular weight is 330 g/mol. The molecule has 0 heterocycles. The third-order valence-corrected chi connectivity index (χ3v) is 5.31. The SMILES string of the molecule is CCC(C)(C)[C@@H](C)c1cc(CO)ccc1-c1cc(OC)ccc1F. The lowest BCUT2D eigenvalue weighted by molar-refractivity contribution is 0.278. The van der Waals surface area contributed by atoms with Gasteiger partial charge in [-0.2, -0.15) is 0 Å². The van der Waals surface area contributed by atoms with Crippen LogP contribution in [0.4, 0.5) is 4.39 Å². The van der Waals surface area contributed by atoms with Gasteiger partial charge in [-0.15, -0.1) is 0 Å². The van der Waals surface area contributed by atoms with E-state index in [4.69, 9.17) is 4.74 Å². The Hall–Kier alpha value is -1.87. The lowest BCUT2D eigenvalue weighted by Crippen LogP contribution is -2.19. The third-order valence-electron chi connectivity index (χ3n) is 5.31. The van der Waals surface area contributed by atoms with Crippen LogP contribution in [0.2, 0.25) is 0 Å². The van der Waals surface area contributed by atoms with E-state index in [1.807, 2.05) is 18.2 Å². The van der Waals surface area contributed by atoms with Gasteiger partial charge >= 0.3 is 0 Å². The minimum absolute atomic E-state index is 0.0207. The molecule has 0 fully saturated rings. The molecule has 0 saturated heterocycles. The fourth-order valence-corrected chi connectivity index (χ4v) is 2.88. The number of rotatable bonds is 6. The summed E-state index contributed by atoms with van der Waals surface area (Å²) in [7, 11) is 1.58. The second-order valence-corrected chi connectivity index (χ2v) is 6.99. The van der Waals surface area contributed by atoms with Crippen molar-refractivity contribution in [2.75, 3.05) is 7.11 Å². The highest BCUT2D eigenvalue weighted by molar-refractivity contribution is 5.70. The van der Waals surface area contributed by atoms with E-state index in [1.165, 1.54) is 6.07 Å². The van der Waals surface area contributed by atoms with E-state index in [1.54, 1.807) is 19.2 Å². The quantitative estimate of drug-likeness (QED) is 0.754. The Morgan fingerprint density at radius 2 is 1.83 bits per heavy atom. The first-order valence-electron chi connectivity index (χ1n) is 8.41. The maximum atomic E-state index is 14.5. The number of aliphatic hydroxyl groups is 1. The Balaban J connectivity index is 2.66. The van der Waals surface area contributed by atoms with Crippen LogP contribution in [0.25, 0.3) is 11.1 Å². The molecule has 0 unspecified atom stereocenters. The first kappa shape index (κ1) is 18.5. The molecule has 0 spiro atoms. The van der Waals surface area contributed by atoms with Crippen molar-refractivity contribution in [1.82, 2.24) is 0 Å². The second kappa shape index (κ2) is 7.35. The number of halogens is 1. The van der Waals surface area contributed by atoms with Crippen LogP contribution >= 0.6 is 0 Å². The Morgan fingerprint density at radius 1 is 1.12 bits per heavy atom. The molecule has 2 rings (SSSR count). The lowest BCUT2D eigenvalue weighted by Gasteiger charge is -2.33. The molecule has 0 bridgehead atoms. The van der Waals surface area contributed by atoms with Crippen molar-refractivity contribution >= 4 is 0 Å². The normalized spacial score (nSPS) is 13.0. The van der Waals surface area contributed by atoms with E-state index < -0.39 is 0 Å². The summed E-state index contributed by atoms with van der Waals surface area (Å²) in [6.45, 7) is 8.75. The highest BCUT2D eigenvalue weighted by Crippen LogP contribution is 2.43. The molecular formula is C21H27FO2. The van der Waals surface area contributed by atoms with Crippen LogP contribution in [0.15, 0.2) is 36.4 Å². The van der Waals surface area contributed by atoms with Gasteiger partial charge in [0, 0.05) is 5.56 Å². The van der Waals surface area contributed by atoms with Crippen LogP contribution in [-0.4, -0.2) is 12.2 Å². The molecule has 2 nitrogen and oxygen atoms in total. The molecule has 2 aromatic carbocycles. The van der Waals surface area contributed by atoms with E-state index in [-0.39, 0.29) is 23.8 Å². The van der Waals surface area contributed by atoms with E-state index >= 15 is 0 Å². The molecule has 0 aliphatic rings. The summed E-state index contributed by atoms with van der Waals surface area (Å²) in [5.74, 6) is 0.580. The summed E-state index contributed by atoms with van der Waals surface area (Å²) in [4.78, 5) is 0. The minimum atomic E-state index is -0.268. The summed E-state index contributed by atoms with van der Waals surface area (Å²) < 4.78 is 19.7. The Labute approximate surface area is 144 Å². The molecular weight excluding hydrogens is 303 g/mol. The molecule has 2 aromatic rings. The highest BCUT2D eigenvalue weighted by atomic mass is 19.1. The number of hydrogen-bond acceptors (Lipinski definition) is 2. The molecule has 1 atom stereocenters. The van der Waals surface area contributed by atoms with Crippen LogP contribution in [-0.2, 0) is 6.61 Å². The maximum Gasteiger partial charge on any atom is 0.131 e. The van der Waals surface area contributed by atoms with Gasteiger partial charge in [0.2, 0.25) is 0 Å².